The molecule has 0 bridgehead atoms. The third-order valence-electron chi connectivity index (χ3n) is 3.84. The zero-order valence-corrected chi connectivity index (χ0v) is 12.4. The Balaban J connectivity index is 1.45. The molecule has 20 heavy (non-hydrogen) atoms. The number of likely N-dealkylation sites (tertiary alicyclic amines) is 1. The van der Waals surface area contributed by atoms with Crippen LogP contribution < -0.4 is 0 Å². The minimum atomic E-state index is -0.897. The van der Waals surface area contributed by atoms with Gasteiger partial charge in [0.2, 0.25) is 0 Å². The highest BCUT2D eigenvalue weighted by Crippen LogP contribution is 2.38. The largest absolute Gasteiger partial charge is 0.480 e. The maximum Gasteiger partial charge on any atom is 0.329 e. The molecule has 0 saturated carbocycles. The molecule has 0 radical (unpaired) electrons. The van der Waals surface area contributed by atoms with E-state index in [1.54, 1.807) is 0 Å². The maximum atomic E-state index is 10.5. The molecule has 0 aliphatic carbocycles. The van der Waals surface area contributed by atoms with Crippen molar-refractivity contribution < 1.29 is 14.6 Å². The summed E-state index contributed by atoms with van der Waals surface area (Å²) in [6, 6.07) is 8.59. The zero-order chi connectivity index (χ0) is 14.2. The van der Waals surface area contributed by atoms with Gasteiger partial charge in [-0.3, -0.25) is 4.90 Å². The van der Waals surface area contributed by atoms with Crippen LogP contribution in [0, 0.1) is 0 Å². The first kappa shape index (κ1) is 13.9. The monoisotopic (exact) mass is 293 g/mol. The van der Waals surface area contributed by atoms with Gasteiger partial charge in [-0.05, 0) is 25.0 Å². The third-order valence-corrected chi connectivity index (χ3v) is 5.14. The van der Waals surface area contributed by atoms with E-state index in [1.165, 1.54) is 10.5 Å². The Morgan fingerprint density at radius 1 is 1.50 bits per heavy atom. The van der Waals surface area contributed by atoms with E-state index in [4.69, 9.17) is 9.84 Å². The van der Waals surface area contributed by atoms with E-state index < -0.39 is 5.97 Å². The Labute approximate surface area is 123 Å². The molecule has 1 saturated heterocycles. The predicted octanol–water partition coefficient (Wildman–Crippen LogP) is 1.88. The van der Waals surface area contributed by atoms with Crippen molar-refractivity contribution in [2.75, 3.05) is 26.2 Å². The number of thioether (sulfide) groups is 1. The number of carboxylic acids is 1. The molecular formula is C15H19NO3S. The molecular weight excluding hydrogens is 274 g/mol. The molecule has 1 N–H and O–H groups in total. The van der Waals surface area contributed by atoms with Gasteiger partial charge in [0.15, 0.2) is 0 Å². The van der Waals surface area contributed by atoms with Crippen LogP contribution in [0.5, 0.6) is 0 Å². The van der Waals surface area contributed by atoms with Crippen molar-refractivity contribution in [2.24, 2.45) is 0 Å². The molecule has 1 atom stereocenters. The Morgan fingerprint density at radius 3 is 2.95 bits per heavy atom. The maximum absolute atomic E-state index is 10.5. The summed E-state index contributed by atoms with van der Waals surface area (Å²) in [5.74, 6) is -0.897. The number of hydrogen-bond donors (Lipinski definition) is 1. The number of hydrogen-bond acceptors (Lipinski definition) is 4. The third kappa shape index (κ3) is 3.00. The van der Waals surface area contributed by atoms with E-state index in [9.17, 15) is 4.79 Å². The van der Waals surface area contributed by atoms with Crippen LogP contribution >= 0.6 is 11.8 Å². The van der Waals surface area contributed by atoms with Crippen LogP contribution in [0.2, 0.25) is 0 Å². The molecule has 1 aromatic carbocycles. The Morgan fingerprint density at radius 2 is 2.25 bits per heavy atom. The lowest BCUT2D eigenvalue weighted by Crippen LogP contribution is -2.62. The second kappa shape index (κ2) is 5.39. The van der Waals surface area contributed by atoms with Gasteiger partial charge in [0.25, 0.3) is 0 Å². The van der Waals surface area contributed by atoms with Gasteiger partial charge in [0.1, 0.15) is 6.61 Å². The number of nitrogens with zero attached hydrogens (tertiary/aromatic N) is 1. The molecule has 0 amide bonds. The van der Waals surface area contributed by atoms with Crippen LogP contribution in [0.3, 0.4) is 0 Å². The molecule has 2 heterocycles. The van der Waals surface area contributed by atoms with Crippen molar-refractivity contribution >= 4 is 17.7 Å². The summed E-state index contributed by atoms with van der Waals surface area (Å²) in [5.41, 5.74) is 1.17. The molecule has 0 aromatic heterocycles. The van der Waals surface area contributed by atoms with Crippen LogP contribution in [0.15, 0.2) is 29.2 Å². The summed E-state index contributed by atoms with van der Waals surface area (Å²) < 4.78 is 5.44. The Bertz CT molecular complexity index is 489. The summed E-state index contributed by atoms with van der Waals surface area (Å²) in [6.07, 6.45) is 1.13. The van der Waals surface area contributed by atoms with Crippen LogP contribution in [0.25, 0.3) is 0 Å². The van der Waals surface area contributed by atoms with Crippen LogP contribution in [0.4, 0.5) is 0 Å². The lowest BCUT2D eigenvalue weighted by atomic mass is 9.95. The zero-order valence-electron chi connectivity index (χ0n) is 11.5. The smallest absolute Gasteiger partial charge is 0.329 e. The van der Waals surface area contributed by atoms with Crippen molar-refractivity contribution in [1.82, 2.24) is 4.90 Å². The Kier molecular flexibility index (Phi) is 3.75. The average Bonchev–Trinajstić information content (AvgIpc) is 2.76. The van der Waals surface area contributed by atoms with Gasteiger partial charge >= 0.3 is 5.97 Å². The van der Waals surface area contributed by atoms with Gasteiger partial charge in [-0.15, -0.1) is 11.8 Å². The highest BCUT2D eigenvalue weighted by atomic mass is 32.2. The minimum absolute atomic E-state index is 0.200. The quantitative estimate of drug-likeness (QED) is 0.898. The fraction of sp³-hybridized carbons (Fsp3) is 0.533. The van der Waals surface area contributed by atoms with Gasteiger partial charge in [0, 0.05) is 29.8 Å². The van der Waals surface area contributed by atoms with Gasteiger partial charge in [-0.25, -0.2) is 4.79 Å². The van der Waals surface area contributed by atoms with E-state index in [0.717, 1.165) is 26.1 Å². The minimum Gasteiger partial charge on any atom is -0.480 e. The first-order valence-corrected chi connectivity index (χ1v) is 7.75. The normalized spacial score (nSPS) is 24.1. The predicted molar refractivity (Wildman–Crippen MR) is 78.2 cm³/mol. The number of rotatable bonds is 5. The van der Waals surface area contributed by atoms with E-state index in [2.05, 4.69) is 29.2 Å². The van der Waals surface area contributed by atoms with Gasteiger partial charge in [-0.2, -0.15) is 0 Å². The summed E-state index contributed by atoms with van der Waals surface area (Å²) in [7, 11) is 0. The van der Waals surface area contributed by atoms with Gasteiger partial charge < -0.3 is 9.84 Å². The van der Waals surface area contributed by atoms with Crippen LogP contribution in [0.1, 0.15) is 12.5 Å². The summed E-state index contributed by atoms with van der Waals surface area (Å²) >= 11 is 1.96. The molecule has 1 aromatic rings. The molecule has 3 rings (SSSR count). The number of carboxylic acid groups (broad SMARTS) is 1. The molecule has 108 valence electrons. The Hall–Kier alpha value is -1.04. The fourth-order valence-corrected chi connectivity index (χ4v) is 4.37. The summed E-state index contributed by atoms with van der Waals surface area (Å²) in [6.45, 7) is 4.49. The topological polar surface area (TPSA) is 49.8 Å². The van der Waals surface area contributed by atoms with E-state index in [0.29, 0.717) is 5.25 Å². The number of benzene rings is 1. The first-order valence-electron chi connectivity index (χ1n) is 6.87. The van der Waals surface area contributed by atoms with Crippen LogP contribution in [-0.4, -0.2) is 53.1 Å². The standard InChI is InChI=1S/C15H19NO3S/c1-15(19-8-14(17)18)9-16(10-15)7-12-6-11-4-2-3-5-13(11)20-12/h2-5,12H,6-10H2,1H3,(H,17,18). The van der Waals surface area contributed by atoms with Crippen molar-refractivity contribution in [3.63, 3.8) is 0 Å². The van der Waals surface area contributed by atoms with E-state index in [-0.39, 0.29) is 12.2 Å². The summed E-state index contributed by atoms with van der Waals surface area (Å²) in [5, 5.41) is 9.26. The SMILES string of the molecule is CC1(OCC(=O)O)CN(CC2Cc3ccccc3S2)C1. The molecule has 0 spiro atoms. The highest BCUT2D eigenvalue weighted by molar-refractivity contribution is 8.00. The lowest BCUT2D eigenvalue weighted by molar-refractivity contribution is -0.164. The van der Waals surface area contributed by atoms with Gasteiger partial charge in [-0.1, -0.05) is 18.2 Å². The number of aliphatic carboxylic acids is 1. The highest BCUT2D eigenvalue weighted by Gasteiger charge is 2.41. The van der Waals surface area contributed by atoms with Gasteiger partial charge in [0.05, 0.1) is 5.60 Å². The van der Waals surface area contributed by atoms with Crippen LogP contribution in [-0.2, 0) is 16.0 Å². The number of carbonyl (C=O) groups is 1. The molecule has 1 fully saturated rings. The second-order valence-corrected chi connectivity index (χ2v) is 7.20. The fourth-order valence-electron chi connectivity index (χ4n) is 3.00. The van der Waals surface area contributed by atoms with Crippen molar-refractivity contribution in [3.8, 4) is 0 Å². The summed E-state index contributed by atoms with van der Waals surface area (Å²) in [4.78, 5) is 14.3. The second-order valence-electron chi connectivity index (χ2n) is 5.85. The van der Waals surface area contributed by atoms with E-state index >= 15 is 0 Å². The molecule has 4 nitrogen and oxygen atoms in total. The average molecular weight is 293 g/mol. The number of fused-ring (bicyclic) bond motifs is 1. The van der Waals surface area contributed by atoms with Crippen molar-refractivity contribution in [2.45, 2.75) is 29.1 Å². The molecule has 2 aliphatic rings. The number of ether oxygens (including phenoxy) is 1. The van der Waals surface area contributed by atoms with E-state index in [1.807, 2.05) is 18.7 Å². The first-order chi connectivity index (χ1) is 9.54. The molecule has 2 aliphatic heterocycles. The molecule has 5 heteroatoms. The van der Waals surface area contributed by atoms with Crippen molar-refractivity contribution in [1.29, 1.82) is 0 Å². The molecule has 1 unspecified atom stereocenters. The lowest BCUT2D eigenvalue weighted by Gasteiger charge is -2.48. The van der Waals surface area contributed by atoms with Crippen molar-refractivity contribution in [3.05, 3.63) is 29.8 Å².